The van der Waals surface area contributed by atoms with E-state index >= 15 is 0 Å². The molecule has 1 unspecified atom stereocenters. The van der Waals surface area contributed by atoms with E-state index in [0.717, 1.165) is 12.5 Å². The van der Waals surface area contributed by atoms with Gasteiger partial charge in [-0.05, 0) is 30.1 Å². The van der Waals surface area contributed by atoms with Crippen LogP contribution in [0.15, 0.2) is 0 Å². The van der Waals surface area contributed by atoms with Crippen molar-refractivity contribution in [3.8, 4) is 0 Å². The topological polar surface area (TPSA) is 26.3 Å². The van der Waals surface area contributed by atoms with Crippen LogP contribution in [0.2, 0.25) is 0 Å². The van der Waals surface area contributed by atoms with Crippen molar-refractivity contribution >= 4 is 5.78 Å². The van der Waals surface area contributed by atoms with Crippen LogP contribution in [0.25, 0.3) is 0 Å². The van der Waals surface area contributed by atoms with Gasteiger partial charge in [0, 0.05) is 6.42 Å². The van der Waals surface area contributed by atoms with Gasteiger partial charge in [0.2, 0.25) is 0 Å². The van der Waals surface area contributed by atoms with Gasteiger partial charge < -0.3 is 4.74 Å². The van der Waals surface area contributed by atoms with Crippen molar-refractivity contribution in [3.05, 3.63) is 0 Å². The highest BCUT2D eigenvalue weighted by Crippen LogP contribution is 2.32. The third-order valence-electron chi connectivity index (χ3n) is 2.88. The Balaban J connectivity index is 2.51. The second-order valence-corrected chi connectivity index (χ2v) is 6.59. The Morgan fingerprint density at radius 2 is 1.88 bits per heavy atom. The molecule has 2 nitrogen and oxygen atoms in total. The van der Waals surface area contributed by atoms with Gasteiger partial charge in [0.1, 0.15) is 6.10 Å². The van der Waals surface area contributed by atoms with Gasteiger partial charge >= 0.3 is 0 Å². The molecule has 0 aliphatic heterocycles. The van der Waals surface area contributed by atoms with Gasteiger partial charge in [-0.25, -0.2) is 0 Å². The minimum Gasteiger partial charge on any atom is -0.370 e. The average molecular weight is 226 g/mol. The van der Waals surface area contributed by atoms with Crippen LogP contribution < -0.4 is 0 Å². The Hall–Kier alpha value is -0.370. The smallest absolute Gasteiger partial charge is 0.162 e. The molecule has 1 saturated carbocycles. The van der Waals surface area contributed by atoms with Crippen molar-refractivity contribution in [2.24, 2.45) is 17.3 Å². The second-order valence-electron chi connectivity index (χ2n) is 6.59. The zero-order chi connectivity index (χ0) is 12.3. The Morgan fingerprint density at radius 1 is 1.31 bits per heavy atom. The quantitative estimate of drug-likeness (QED) is 0.693. The van der Waals surface area contributed by atoms with Crippen molar-refractivity contribution in [3.63, 3.8) is 0 Å². The molecule has 0 bridgehead atoms. The zero-order valence-electron chi connectivity index (χ0n) is 11.4. The van der Waals surface area contributed by atoms with E-state index < -0.39 is 0 Å². The molecule has 0 spiro atoms. The van der Waals surface area contributed by atoms with Crippen LogP contribution >= 0.6 is 0 Å². The standard InChI is InChI=1S/C14H26O2/c1-10(2)8-12(15)13(14(3,4)5)16-9-11-6-7-11/h10-11,13H,6-9H2,1-5H3. The summed E-state index contributed by atoms with van der Waals surface area (Å²) in [5.41, 5.74) is -0.0825. The first-order valence-electron chi connectivity index (χ1n) is 6.45. The average Bonchev–Trinajstić information content (AvgIpc) is 2.83. The third-order valence-corrected chi connectivity index (χ3v) is 2.88. The lowest BCUT2D eigenvalue weighted by molar-refractivity contribution is -0.139. The lowest BCUT2D eigenvalue weighted by atomic mass is 9.84. The van der Waals surface area contributed by atoms with E-state index in [-0.39, 0.29) is 17.3 Å². The number of hydrogen-bond donors (Lipinski definition) is 0. The van der Waals surface area contributed by atoms with Gasteiger partial charge in [-0.3, -0.25) is 4.79 Å². The summed E-state index contributed by atoms with van der Waals surface area (Å²) < 4.78 is 5.84. The molecule has 1 rings (SSSR count). The SMILES string of the molecule is CC(C)CC(=O)C(OCC1CC1)C(C)(C)C. The van der Waals surface area contributed by atoms with E-state index in [1.54, 1.807) is 0 Å². The highest BCUT2D eigenvalue weighted by Gasteiger charge is 2.34. The molecule has 0 amide bonds. The molecule has 2 heteroatoms. The predicted molar refractivity (Wildman–Crippen MR) is 66.4 cm³/mol. The first kappa shape index (κ1) is 13.7. The molecule has 1 aliphatic carbocycles. The molecular formula is C14H26O2. The summed E-state index contributed by atoms with van der Waals surface area (Å²) in [6.07, 6.45) is 2.95. The van der Waals surface area contributed by atoms with E-state index in [4.69, 9.17) is 4.74 Å². The summed E-state index contributed by atoms with van der Waals surface area (Å²) in [7, 11) is 0. The van der Waals surface area contributed by atoms with Crippen molar-refractivity contribution in [2.75, 3.05) is 6.61 Å². The van der Waals surface area contributed by atoms with E-state index in [9.17, 15) is 4.79 Å². The van der Waals surface area contributed by atoms with Crippen molar-refractivity contribution in [1.82, 2.24) is 0 Å². The summed E-state index contributed by atoms with van der Waals surface area (Å²) in [5, 5.41) is 0. The van der Waals surface area contributed by atoms with Crippen molar-refractivity contribution in [2.45, 2.75) is 60.0 Å². The molecule has 1 fully saturated rings. The fraction of sp³-hybridized carbons (Fsp3) is 0.929. The fourth-order valence-electron chi connectivity index (χ4n) is 1.85. The maximum Gasteiger partial charge on any atom is 0.162 e. The summed E-state index contributed by atoms with van der Waals surface area (Å²) >= 11 is 0. The summed E-state index contributed by atoms with van der Waals surface area (Å²) in [4.78, 5) is 12.1. The summed E-state index contributed by atoms with van der Waals surface area (Å²) in [6.45, 7) is 11.2. The van der Waals surface area contributed by atoms with E-state index in [0.29, 0.717) is 12.3 Å². The first-order valence-corrected chi connectivity index (χ1v) is 6.45. The monoisotopic (exact) mass is 226 g/mol. The lowest BCUT2D eigenvalue weighted by Crippen LogP contribution is -2.38. The Kier molecular flexibility index (Phi) is 4.54. The third kappa shape index (κ3) is 4.65. The van der Waals surface area contributed by atoms with E-state index in [1.807, 2.05) is 0 Å². The van der Waals surface area contributed by atoms with Crippen molar-refractivity contribution < 1.29 is 9.53 Å². The van der Waals surface area contributed by atoms with Crippen LogP contribution in [0.3, 0.4) is 0 Å². The van der Waals surface area contributed by atoms with Gasteiger partial charge in [-0.15, -0.1) is 0 Å². The number of hydrogen-bond acceptors (Lipinski definition) is 2. The molecule has 0 N–H and O–H groups in total. The molecule has 0 radical (unpaired) electrons. The Bertz CT molecular complexity index is 234. The predicted octanol–water partition coefficient (Wildman–Crippen LogP) is 3.44. The molecule has 0 heterocycles. The van der Waals surface area contributed by atoms with Crippen LogP contribution in [-0.2, 0) is 9.53 Å². The van der Waals surface area contributed by atoms with Gasteiger partial charge in [-0.2, -0.15) is 0 Å². The van der Waals surface area contributed by atoms with Crippen LogP contribution in [0.5, 0.6) is 0 Å². The molecular weight excluding hydrogens is 200 g/mol. The first-order chi connectivity index (χ1) is 7.30. The van der Waals surface area contributed by atoms with Crippen LogP contribution in [0, 0.1) is 17.3 Å². The minimum absolute atomic E-state index is 0.0825. The number of carbonyl (C=O) groups is 1. The molecule has 0 aromatic rings. The number of Topliss-reactive ketones (excluding diaryl/α,β-unsaturated/α-hetero) is 1. The van der Waals surface area contributed by atoms with Crippen molar-refractivity contribution in [1.29, 1.82) is 0 Å². The maximum absolute atomic E-state index is 12.1. The zero-order valence-corrected chi connectivity index (χ0v) is 11.4. The lowest BCUT2D eigenvalue weighted by Gasteiger charge is -2.30. The molecule has 1 atom stereocenters. The van der Waals surface area contributed by atoms with E-state index in [1.165, 1.54) is 12.8 Å². The molecule has 0 aromatic carbocycles. The number of ketones is 1. The number of carbonyl (C=O) groups excluding carboxylic acids is 1. The summed E-state index contributed by atoms with van der Waals surface area (Å²) in [6, 6.07) is 0. The highest BCUT2D eigenvalue weighted by molar-refractivity contribution is 5.84. The highest BCUT2D eigenvalue weighted by atomic mass is 16.5. The fourth-order valence-corrected chi connectivity index (χ4v) is 1.85. The Morgan fingerprint density at radius 3 is 2.25 bits per heavy atom. The van der Waals surface area contributed by atoms with Crippen LogP contribution in [0.1, 0.15) is 53.9 Å². The maximum atomic E-state index is 12.1. The van der Waals surface area contributed by atoms with Gasteiger partial charge in [-0.1, -0.05) is 34.6 Å². The molecule has 0 saturated heterocycles. The Labute approximate surface area is 99.8 Å². The van der Waals surface area contributed by atoms with Gasteiger partial charge in [0.05, 0.1) is 6.61 Å². The minimum atomic E-state index is -0.226. The van der Waals surface area contributed by atoms with Gasteiger partial charge in [0.25, 0.3) is 0 Å². The largest absolute Gasteiger partial charge is 0.370 e. The summed E-state index contributed by atoms with van der Waals surface area (Å²) in [5.74, 6) is 1.40. The van der Waals surface area contributed by atoms with Crippen LogP contribution in [-0.4, -0.2) is 18.5 Å². The number of ether oxygens (including phenoxy) is 1. The number of rotatable bonds is 6. The molecule has 16 heavy (non-hydrogen) atoms. The normalized spacial score (nSPS) is 18.9. The second kappa shape index (κ2) is 5.31. The van der Waals surface area contributed by atoms with Crippen LogP contribution in [0.4, 0.5) is 0 Å². The molecule has 0 aromatic heterocycles. The van der Waals surface area contributed by atoms with Gasteiger partial charge in [0.15, 0.2) is 5.78 Å². The molecule has 1 aliphatic rings. The molecule has 94 valence electrons. The van der Waals surface area contributed by atoms with E-state index in [2.05, 4.69) is 34.6 Å².